The average molecular weight is 410 g/mol. The Morgan fingerprint density at radius 3 is 2.72 bits per heavy atom. The largest absolute Gasteiger partial charge is 0.343 e. The molecule has 0 fully saturated rings. The first kappa shape index (κ1) is 19.0. The third-order valence-electron chi connectivity index (χ3n) is 4.77. The summed E-state index contributed by atoms with van der Waals surface area (Å²) in [5.74, 6) is -0.279. The minimum atomic E-state index is -0.479. The number of benzene rings is 1. The quantitative estimate of drug-likeness (QED) is 0.541. The van der Waals surface area contributed by atoms with Crippen molar-refractivity contribution in [3.05, 3.63) is 75.2 Å². The van der Waals surface area contributed by atoms with Crippen LogP contribution in [0.15, 0.2) is 41.8 Å². The predicted molar refractivity (Wildman–Crippen MR) is 109 cm³/mol. The molecule has 1 N–H and O–H groups in total. The van der Waals surface area contributed by atoms with Crippen molar-refractivity contribution in [2.24, 2.45) is 0 Å². The van der Waals surface area contributed by atoms with E-state index in [-0.39, 0.29) is 11.6 Å². The van der Waals surface area contributed by atoms with E-state index in [1.807, 2.05) is 31.4 Å². The summed E-state index contributed by atoms with van der Waals surface area (Å²) in [5.41, 5.74) is 3.11. The third kappa shape index (κ3) is 3.68. The summed E-state index contributed by atoms with van der Waals surface area (Å²) < 4.78 is 17.6. The number of rotatable bonds is 5. The molecule has 1 amide bonds. The van der Waals surface area contributed by atoms with E-state index >= 15 is 0 Å². The zero-order valence-electron chi connectivity index (χ0n) is 16.2. The van der Waals surface area contributed by atoms with E-state index in [0.29, 0.717) is 17.1 Å². The topological polar surface area (TPSA) is 77.6 Å². The molecule has 4 aromatic rings. The number of nitrogens with one attached hydrogen (secondary N) is 1. The maximum atomic E-state index is 14.2. The van der Waals surface area contributed by atoms with Crippen LogP contribution in [0.25, 0.3) is 5.69 Å². The van der Waals surface area contributed by atoms with Gasteiger partial charge >= 0.3 is 0 Å². The second-order valence-electron chi connectivity index (χ2n) is 6.71. The van der Waals surface area contributed by atoms with E-state index in [4.69, 9.17) is 0 Å². The fraction of sp³-hybridized carbons (Fsp3) is 0.200. The Balaban J connectivity index is 1.60. The molecule has 0 aliphatic rings. The lowest BCUT2D eigenvalue weighted by Crippen LogP contribution is -2.14. The van der Waals surface area contributed by atoms with Gasteiger partial charge in [0.25, 0.3) is 5.91 Å². The molecule has 0 aliphatic carbocycles. The van der Waals surface area contributed by atoms with Crippen LogP contribution >= 0.6 is 11.3 Å². The molecule has 0 bridgehead atoms. The molecule has 0 saturated carbocycles. The molecule has 0 atom stereocenters. The van der Waals surface area contributed by atoms with Crippen LogP contribution in [0.5, 0.6) is 0 Å². The molecule has 148 valence electrons. The van der Waals surface area contributed by atoms with Gasteiger partial charge in [0, 0.05) is 22.0 Å². The molecular formula is C20H19FN6OS. The number of carbonyl (C=O) groups excluding carboxylic acids is 1. The Kier molecular flexibility index (Phi) is 4.98. The zero-order valence-corrected chi connectivity index (χ0v) is 17.0. The Morgan fingerprint density at radius 2 is 2.03 bits per heavy atom. The number of aromatic nitrogens is 5. The Morgan fingerprint density at radius 1 is 1.21 bits per heavy atom. The van der Waals surface area contributed by atoms with Crippen LogP contribution < -0.4 is 5.32 Å². The molecule has 3 heterocycles. The Labute approximate surface area is 170 Å². The first-order valence-electron chi connectivity index (χ1n) is 8.99. The smallest absolute Gasteiger partial charge is 0.257 e. The van der Waals surface area contributed by atoms with Gasteiger partial charge in [0.2, 0.25) is 0 Å². The molecule has 7 nitrogen and oxygen atoms in total. The van der Waals surface area contributed by atoms with E-state index in [0.717, 1.165) is 17.9 Å². The molecule has 29 heavy (non-hydrogen) atoms. The highest BCUT2D eigenvalue weighted by Gasteiger charge is 2.17. The maximum Gasteiger partial charge on any atom is 0.257 e. The molecule has 0 saturated heterocycles. The first-order chi connectivity index (χ1) is 13.9. The Hall–Kier alpha value is -3.33. The molecule has 0 aliphatic heterocycles. The molecule has 1 aromatic carbocycles. The average Bonchev–Trinajstić information content (AvgIpc) is 3.41. The number of anilines is 1. The number of nitrogens with zero attached hydrogens (tertiary/aromatic N) is 5. The van der Waals surface area contributed by atoms with Gasteiger partial charge in [-0.15, -0.1) is 16.4 Å². The van der Waals surface area contributed by atoms with Gasteiger partial charge in [-0.1, -0.05) is 6.07 Å². The molecule has 0 spiro atoms. The van der Waals surface area contributed by atoms with Gasteiger partial charge in [-0.05, 0) is 66.9 Å². The summed E-state index contributed by atoms with van der Waals surface area (Å²) in [5, 5.41) is 16.0. The summed E-state index contributed by atoms with van der Waals surface area (Å²) in [6.45, 7) is 6.30. The van der Waals surface area contributed by atoms with E-state index in [1.165, 1.54) is 27.8 Å². The standard InChI is InChI=1S/C20H19FN6OS/c1-12-9-17(13(2)26(12)11-16-5-4-8-29-16)20(28)22-15-6-7-18(21)19(10-15)27-14(3)23-24-25-27/h4-10H,11H2,1-3H3,(H,22,28). The van der Waals surface area contributed by atoms with Crippen molar-refractivity contribution >= 4 is 22.9 Å². The van der Waals surface area contributed by atoms with Crippen LogP contribution in [0.2, 0.25) is 0 Å². The van der Waals surface area contributed by atoms with Crippen LogP contribution in [0.4, 0.5) is 10.1 Å². The molecule has 0 radical (unpaired) electrons. The zero-order chi connectivity index (χ0) is 20.5. The maximum absolute atomic E-state index is 14.2. The third-order valence-corrected chi connectivity index (χ3v) is 5.63. The number of halogens is 1. The summed E-state index contributed by atoms with van der Waals surface area (Å²) in [6.07, 6.45) is 0. The van der Waals surface area contributed by atoms with E-state index in [2.05, 4.69) is 31.5 Å². The second kappa shape index (κ2) is 7.59. The number of tetrazole rings is 1. The fourth-order valence-corrected chi connectivity index (χ4v) is 3.93. The van der Waals surface area contributed by atoms with Crippen molar-refractivity contribution in [2.45, 2.75) is 27.3 Å². The highest BCUT2D eigenvalue weighted by Crippen LogP contribution is 2.22. The summed E-state index contributed by atoms with van der Waals surface area (Å²) in [6, 6.07) is 10.3. The van der Waals surface area contributed by atoms with Crippen LogP contribution in [0.3, 0.4) is 0 Å². The number of thiophene rings is 1. The van der Waals surface area contributed by atoms with Gasteiger partial charge in [0.15, 0.2) is 5.82 Å². The van der Waals surface area contributed by atoms with Crippen molar-refractivity contribution in [2.75, 3.05) is 5.32 Å². The predicted octanol–water partition coefficient (Wildman–Crippen LogP) is 3.89. The number of aryl methyl sites for hydroxylation is 2. The number of hydrogen-bond donors (Lipinski definition) is 1. The van der Waals surface area contributed by atoms with Crippen molar-refractivity contribution in [1.82, 2.24) is 24.8 Å². The van der Waals surface area contributed by atoms with Crippen molar-refractivity contribution in [1.29, 1.82) is 0 Å². The SMILES string of the molecule is Cc1nnnn1-c1cc(NC(=O)c2cc(C)n(Cc3cccs3)c2C)ccc1F. The van der Waals surface area contributed by atoms with Gasteiger partial charge in [-0.25, -0.2) is 4.39 Å². The molecule has 3 aromatic heterocycles. The van der Waals surface area contributed by atoms with Crippen LogP contribution in [0, 0.1) is 26.6 Å². The minimum Gasteiger partial charge on any atom is -0.343 e. The van der Waals surface area contributed by atoms with Gasteiger partial charge in [-0.3, -0.25) is 4.79 Å². The van der Waals surface area contributed by atoms with Gasteiger partial charge in [0.05, 0.1) is 12.1 Å². The highest BCUT2D eigenvalue weighted by atomic mass is 32.1. The highest BCUT2D eigenvalue weighted by molar-refractivity contribution is 7.09. The van der Waals surface area contributed by atoms with Crippen molar-refractivity contribution < 1.29 is 9.18 Å². The Bertz CT molecular complexity index is 1180. The molecule has 4 rings (SSSR count). The van der Waals surface area contributed by atoms with Gasteiger partial charge in [0.1, 0.15) is 11.5 Å². The monoisotopic (exact) mass is 410 g/mol. The molecular weight excluding hydrogens is 391 g/mol. The fourth-order valence-electron chi connectivity index (χ4n) is 3.24. The van der Waals surface area contributed by atoms with Crippen LogP contribution in [-0.2, 0) is 6.54 Å². The lowest BCUT2D eigenvalue weighted by atomic mass is 10.2. The van der Waals surface area contributed by atoms with Gasteiger partial charge < -0.3 is 9.88 Å². The number of carbonyl (C=O) groups is 1. The molecule has 0 unspecified atom stereocenters. The van der Waals surface area contributed by atoms with Crippen molar-refractivity contribution in [3.63, 3.8) is 0 Å². The lowest BCUT2D eigenvalue weighted by molar-refractivity contribution is 0.102. The summed E-state index contributed by atoms with van der Waals surface area (Å²) >= 11 is 1.68. The lowest BCUT2D eigenvalue weighted by Gasteiger charge is -2.10. The van der Waals surface area contributed by atoms with E-state index in [1.54, 1.807) is 18.3 Å². The summed E-state index contributed by atoms with van der Waals surface area (Å²) in [4.78, 5) is 14.1. The van der Waals surface area contributed by atoms with Crippen molar-refractivity contribution in [3.8, 4) is 5.69 Å². The molecule has 9 heteroatoms. The van der Waals surface area contributed by atoms with Crippen LogP contribution in [0.1, 0.15) is 32.4 Å². The normalized spacial score (nSPS) is 11.0. The van der Waals surface area contributed by atoms with Crippen LogP contribution in [-0.4, -0.2) is 30.7 Å². The summed E-state index contributed by atoms with van der Waals surface area (Å²) in [7, 11) is 0. The minimum absolute atomic E-state index is 0.175. The first-order valence-corrected chi connectivity index (χ1v) is 9.87. The van der Waals surface area contributed by atoms with Gasteiger partial charge in [-0.2, -0.15) is 4.68 Å². The number of hydrogen-bond acceptors (Lipinski definition) is 5. The van der Waals surface area contributed by atoms with E-state index in [9.17, 15) is 9.18 Å². The van der Waals surface area contributed by atoms with E-state index < -0.39 is 5.82 Å². The number of amides is 1. The second-order valence-corrected chi connectivity index (χ2v) is 7.74.